The molecular formula is C19H32N6O2+2. The Morgan fingerprint density at radius 3 is 1.44 bits per heavy atom. The number of carbonyl (C=O) groups excluding carboxylic acids is 2. The summed E-state index contributed by atoms with van der Waals surface area (Å²) in [7, 11) is 7.43. The second-order valence-corrected chi connectivity index (χ2v) is 7.02. The van der Waals surface area contributed by atoms with Crippen LogP contribution in [0.15, 0.2) is 37.4 Å². The zero-order chi connectivity index (χ0) is 19.8. The van der Waals surface area contributed by atoms with Gasteiger partial charge in [-0.15, -0.1) is 9.35 Å². The van der Waals surface area contributed by atoms with Crippen molar-refractivity contribution in [1.29, 1.82) is 0 Å². The van der Waals surface area contributed by atoms with Crippen LogP contribution in [0.4, 0.5) is 0 Å². The van der Waals surface area contributed by atoms with Gasteiger partial charge in [-0.25, -0.2) is 9.13 Å². The number of hydrogen-bond acceptors (Lipinski definition) is 2. The molecule has 8 nitrogen and oxygen atoms in total. The third-order valence-electron chi connectivity index (χ3n) is 4.71. The molecule has 0 spiro atoms. The Labute approximate surface area is 161 Å². The zero-order valence-corrected chi connectivity index (χ0v) is 16.9. The van der Waals surface area contributed by atoms with Gasteiger partial charge in [-0.05, 0) is 12.8 Å². The van der Waals surface area contributed by atoms with Gasteiger partial charge in [0.05, 0.1) is 28.2 Å². The molecule has 0 aliphatic carbocycles. The molecule has 0 saturated heterocycles. The minimum Gasteiger partial charge on any atom is -0.271 e. The van der Waals surface area contributed by atoms with Crippen molar-refractivity contribution in [2.24, 2.45) is 14.1 Å². The van der Waals surface area contributed by atoms with Crippen LogP contribution in [0.1, 0.15) is 44.9 Å². The number of aryl methyl sites for hydroxylation is 2. The minimum atomic E-state index is 0.114. The maximum atomic E-state index is 12.2. The van der Waals surface area contributed by atoms with Gasteiger partial charge in [0.25, 0.3) is 24.5 Å². The lowest BCUT2D eigenvalue weighted by Crippen LogP contribution is -2.37. The van der Waals surface area contributed by atoms with Crippen LogP contribution in [0.5, 0.6) is 0 Å². The zero-order valence-electron chi connectivity index (χ0n) is 16.9. The van der Waals surface area contributed by atoms with Crippen molar-refractivity contribution in [3.8, 4) is 0 Å². The van der Waals surface area contributed by atoms with Gasteiger partial charge in [0, 0.05) is 12.8 Å². The first kappa shape index (κ1) is 20.7. The van der Waals surface area contributed by atoms with E-state index in [4.69, 9.17) is 0 Å². The van der Waals surface area contributed by atoms with Gasteiger partial charge in [0.15, 0.2) is 12.4 Å². The molecule has 8 heteroatoms. The third kappa shape index (κ3) is 6.23. The highest BCUT2D eigenvalue weighted by atomic mass is 16.2. The fourth-order valence-electron chi connectivity index (χ4n) is 2.89. The maximum absolute atomic E-state index is 12.2. The van der Waals surface area contributed by atoms with Crippen LogP contribution in [0.25, 0.3) is 0 Å². The molecule has 0 aliphatic rings. The van der Waals surface area contributed by atoms with E-state index in [2.05, 4.69) is 0 Å². The largest absolute Gasteiger partial charge is 0.271 e. The molecule has 0 fully saturated rings. The Hall–Kier alpha value is -2.64. The molecular weight excluding hydrogens is 344 g/mol. The van der Waals surface area contributed by atoms with Gasteiger partial charge in [0.2, 0.25) is 0 Å². The summed E-state index contributed by atoms with van der Waals surface area (Å²) in [5.74, 6) is 0.228. The molecule has 0 aliphatic heterocycles. The Balaban J connectivity index is 1.55. The lowest BCUT2D eigenvalue weighted by molar-refractivity contribution is -0.671. The predicted molar refractivity (Wildman–Crippen MR) is 102 cm³/mol. The van der Waals surface area contributed by atoms with E-state index in [0.29, 0.717) is 12.8 Å². The molecule has 2 rings (SSSR count). The van der Waals surface area contributed by atoms with E-state index in [1.165, 1.54) is 0 Å². The molecule has 2 heterocycles. The molecule has 148 valence electrons. The van der Waals surface area contributed by atoms with E-state index in [1.54, 1.807) is 33.5 Å². The van der Waals surface area contributed by atoms with Gasteiger partial charge >= 0.3 is 0 Å². The van der Waals surface area contributed by atoms with Gasteiger partial charge in [-0.3, -0.25) is 9.59 Å². The van der Waals surface area contributed by atoms with Crippen LogP contribution in [-0.4, -0.2) is 35.3 Å². The summed E-state index contributed by atoms with van der Waals surface area (Å²) in [6.45, 7) is 0. The number of hydrogen-bond donors (Lipinski definition) is 0. The van der Waals surface area contributed by atoms with Crippen molar-refractivity contribution < 1.29 is 18.7 Å². The predicted octanol–water partition coefficient (Wildman–Crippen LogP) is 0.558. The van der Waals surface area contributed by atoms with Crippen LogP contribution in [0.2, 0.25) is 0 Å². The number of unbranched alkanes of at least 4 members (excludes halogenated alkanes) is 4. The summed E-state index contributed by atoms with van der Waals surface area (Å²) in [5, 5.41) is 3.27. The highest BCUT2D eigenvalue weighted by Crippen LogP contribution is 2.09. The molecule has 0 N–H and O–H groups in total. The number of imidazole rings is 2. The number of nitrogens with zero attached hydrogens (tertiary/aromatic N) is 6. The SMILES string of the molecule is CN(C(=O)CCCCCCCC(=O)N(C)n1cc[n+](C)c1)n1cc[n+](C)c1. The smallest absolute Gasteiger partial charge is 0.267 e. The van der Waals surface area contributed by atoms with Crippen LogP contribution >= 0.6 is 0 Å². The number of carbonyl (C=O) groups is 2. The Morgan fingerprint density at radius 2 is 1.11 bits per heavy atom. The molecule has 0 radical (unpaired) electrons. The van der Waals surface area contributed by atoms with E-state index >= 15 is 0 Å². The topological polar surface area (TPSA) is 58.2 Å². The molecule has 0 bridgehead atoms. The quantitative estimate of drug-likeness (QED) is 0.449. The van der Waals surface area contributed by atoms with E-state index < -0.39 is 0 Å². The summed E-state index contributed by atoms with van der Waals surface area (Å²) in [4.78, 5) is 24.4. The van der Waals surface area contributed by atoms with Crippen molar-refractivity contribution >= 4 is 11.8 Å². The van der Waals surface area contributed by atoms with Crippen molar-refractivity contribution in [2.75, 3.05) is 24.1 Å². The first-order valence-electron chi connectivity index (χ1n) is 9.48. The van der Waals surface area contributed by atoms with Crippen molar-refractivity contribution in [2.45, 2.75) is 44.9 Å². The molecule has 0 unspecified atom stereocenters. The number of amides is 2. The van der Waals surface area contributed by atoms with Crippen LogP contribution in [0.3, 0.4) is 0 Å². The van der Waals surface area contributed by atoms with E-state index in [0.717, 1.165) is 32.1 Å². The average molecular weight is 377 g/mol. The Bertz CT molecular complexity index is 689. The normalized spacial score (nSPS) is 10.8. The van der Waals surface area contributed by atoms with Gasteiger partial charge in [0.1, 0.15) is 12.4 Å². The summed E-state index contributed by atoms with van der Waals surface area (Å²) in [6, 6.07) is 0. The lowest BCUT2D eigenvalue weighted by atomic mass is 10.1. The summed E-state index contributed by atoms with van der Waals surface area (Å²) >= 11 is 0. The van der Waals surface area contributed by atoms with Gasteiger partial charge in [-0.2, -0.15) is 10.0 Å². The second kappa shape index (κ2) is 9.89. The Kier molecular flexibility index (Phi) is 7.57. The molecule has 2 aromatic heterocycles. The lowest BCUT2D eigenvalue weighted by Gasteiger charge is -2.12. The van der Waals surface area contributed by atoms with Crippen molar-refractivity contribution in [3.05, 3.63) is 37.4 Å². The number of rotatable bonds is 10. The highest BCUT2D eigenvalue weighted by Gasteiger charge is 2.16. The first-order chi connectivity index (χ1) is 12.9. The highest BCUT2D eigenvalue weighted by molar-refractivity contribution is 5.85. The molecule has 2 aromatic rings. The number of aromatic nitrogens is 4. The van der Waals surface area contributed by atoms with E-state index in [9.17, 15) is 9.59 Å². The molecule has 0 saturated carbocycles. The monoisotopic (exact) mass is 376 g/mol. The van der Waals surface area contributed by atoms with Gasteiger partial charge < -0.3 is 0 Å². The fourth-order valence-corrected chi connectivity index (χ4v) is 2.89. The summed E-state index contributed by atoms with van der Waals surface area (Å²) < 4.78 is 7.38. The molecule has 0 aromatic carbocycles. The van der Waals surface area contributed by atoms with Crippen molar-refractivity contribution in [3.63, 3.8) is 0 Å². The average Bonchev–Trinajstić information content (AvgIpc) is 3.27. The minimum absolute atomic E-state index is 0.114. The summed E-state index contributed by atoms with van der Waals surface area (Å²) in [6.07, 6.45) is 17.2. The maximum Gasteiger partial charge on any atom is 0.267 e. The van der Waals surface area contributed by atoms with Crippen LogP contribution < -0.4 is 19.2 Å². The molecule has 2 amide bonds. The van der Waals surface area contributed by atoms with Crippen LogP contribution in [-0.2, 0) is 23.7 Å². The Morgan fingerprint density at radius 1 is 0.741 bits per heavy atom. The molecule has 27 heavy (non-hydrogen) atoms. The fraction of sp³-hybridized carbons (Fsp3) is 0.579. The second-order valence-electron chi connectivity index (χ2n) is 7.02. The van der Waals surface area contributed by atoms with E-state index in [-0.39, 0.29) is 11.8 Å². The standard InChI is InChI=1S/C19H32N6O2/c1-20-12-14-24(16-20)22(3)18(26)10-8-6-5-7-9-11-19(27)23(4)25-15-13-21(2)17-25/h12-17H,5-11H2,1-4H3/q+2. The molecule has 0 atom stereocenters. The third-order valence-corrected chi connectivity index (χ3v) is 4.71. The van der Waals surface area contributed by atoms with Crippen LogP contribution in [0, 0.1) is 0 Å². The first-order valence-corrected chi connectivity index (χ1v) is 9.48. The van der Waals surface area contributed by atoms with Crippen molar-refractivity contribution in [1.82, 2.24) is 9.35 Å². The van der Waals surface area contributed by atoms with Gasteiger partial charge in [-0.1, -0.05) is 19.3 Å². The summed E-state index contributed by atoms with van der Waals surface area (Å²) in [5.41, 5.74) is 0. The van der Waals surface area contributed by atoms with E-state index in [1.807, 2.05) is 60.7 Å².